The Morgan fingerprint density at radius 1 is 1.58 bits per heavy atom. The molecule has 1 aromatic heterocycles. The highest BCUT2D eigenvalue weighted by Gasteiger charge is 2.17. The van der Waals surface area contributed by atoms with Gasteiger partial charge in [-0.05, 0) is 19.9 Å². The fourth-order valence-corrected chi connectivity index (χ4v) is 1.97. The summed E-state index contributed by atoms with van der Waals surface area (Å²) in [6.45, 7) is 3.95. The van der Waals surface area contributed by atoms with Crippen molar-refractivity contribution in [3.8, 4) is 0 Å². The van der Waals surface area contributed by atoms with E-state index in [0.29, 0.717) is 0 Å². The summed E-state index contributed by atoms with van der Waals surface area (Å²) in [5.41, 5.74) is 8.07. The van der Waals surface area contributed by atoms with Gasteiger partial charge in [0.1, 0.15) is 5.82 Å². The van der Waals surface area contributed by atoms with Gasteiger partial charge in [-0.2, -0.15) is 0 Å². The van der Waals surface area contributed by atoms with Gasteiger partial charge in [0.2, 0.25) is 0 Å². The quantitative estimate of drug-likeness (QED) is 0.699. The summed E-state index contributed by atoms with van der Waals surface area (Å²) in [7, 11) is 0. The molecule has 3 nitrogen and oxygen atoms in total. The number of aromatic nitrogens is 2. The van der Waals surface area contributed by atoms with Gasteiger partial charge in [0.15, 0.2) is 0 Å². The topological polar surface area (TPSA) is 43.8 Å². The van der Waals surface area contributed by atoms with Crippen molar-refractivity contribution in [3.63, 3.8) is 0 Å². The van der Waals surface area contributed by atoms with E-state index in [1.807, 2.05) is 0 Å². The van der Waals surface area contributed by atoms with Gasteiger partial charge < -0.3 is 10.3 Å². The number of hydrogen-bond acceptors (Lipinski definition) is 2. The van der Waals surface area contributed by atoms with Crippen molar-refractivity contribution < 1.29 is 0 Å². The minimum absolute atomic E-state index is 0.728. The zero-order chi connectivity index (χ0) is 8.55. The van der Waals surface area contributed by atoms with E-state index in [0.717, 1.165) is 25.9 Å². The molecule has 66 valence electrons. The van der Waals surface area contributed by atoms with Crippen LogP contribution in [0, 0.1) is 6.92 Å². The highest BCUT2D eigenvalue weighted by Crippen LogP contribution is 2.19. The number of nitrogens with two attached hydrogens (primary N) is 1. The summed E-state index contributed by atoms with van der Waals surface area (Å²) >= 11 is 0. The van der Waals surface area contributed by atoms with E-state index in [1.165, 1.54) is 23.6 Å². The van der Waals surface area contributed by atoms with Gasteiger partial charge in [0.25, 0.3) is 0 Å². The molecule has 1 aromatic rings. The second-order valence-electron chi connectivity index (χ2n) is 3.35. The normalized spacial score (nSPS) is 15.2. The van der Waals surface area contributed by atoms with Gasteiger partial charge in [0.05, 0.1) is 5.69 Å². The Hall–Kier alpha value is -0.830. The molecule has 0 aliphatic carbocycles. The van der Waals surface area contributed by atoms with Crippen molar-refractivity contribution in [2.45, 2.75) is 32.7 Å². The van der Waals surface area contributed by atoms with Crippen LogP contribution in [0.4, 0.5) is 0 Å². The van der Waals surface area contributed by atoms with Gasteiger partial charge in [-0.25, -0.2) is 4.98 Å². The molecule has 0 aromatic carbocycles. The predicted octanol–water partition coefficient (Wildman–Crippen LogP) is 0.639. The number of fused-ring (bicyclic) bond motifs is 1. The van der Waals surface area contributed by atoms with E-state index >= 15 is 0 Å². The first-order valence-corrected chi connectivity index (χ1v) is 4.58. The SMILES string of the molecule is Cc1nc2n(c1CCN)CCC2. The second-order valence-corrected chi connectivity index (χ2v) is 3.35. The molecular formula is C9H15N3. The van der Waals surface area contributed by atoms with Crippen LogP contribution in [-0.2, 0) is 19.4 Å². The van der Waals surface area contributed by atoms with Crippen LogP contribution in [0.15, 0.2) is 0 Å². The Kier molecular flexibility index (Phi) is 1.89. The molecule has 2 rings (SSSR count). The summed E-state index contributed by atoms with van der Waals surface area (Å²) in [6.07, 6.45) is 3.37. The van der Waals surface area contributed by atoms with Crippen LogP contribution in [0.2, 0.25) is 0 Å². The average Bonchev–Trinajstić information content (AvgIpc) is 2.56. The molecule has 1 aliphatic rings. The molecule has 0 saturated heterocycles. The fraction of sp³-hybridized carbons (Fsp3) is 0.667. The van der Waals surface area contributed by atoms with Crippen LogP contribution in [0.5, 0.6) is 0 Å². The van der Waals surface area contributed by atoms with E-state index in [4.69, 9.17) is 5.73 Å². The average molecular weight is 165 g/mol. The van der Waals surface area contributed by atoms with Crippen molar-refractivity contribution in [2.24, 2.45) is 5.73 Å². The third-order valence-electron chi connectivity index (χ3n) is 2.52. The first-order chi connectivity index (χ1) is 5.83. The number of imidazole rings is 1. The molecule has 0 unspecified atom stereocenters. The molecule has 0 atom stereocenters. The molecule has 2 heterocycles. The van der Waals surface area contributed by atoms with Crippen molar-refractivity contribution in [2.75, 3.05) is 6.54 Å². The summed E-state index contributed by atoms with van der Waals surface area (Å²) in [4.78, 5) is 4.52. The number of rotatable bonds is 2. The molecule has 0 bridgehead atoms. The molecule has 0 fully saturated rings. The van der Waals surface area contributed by atoms with E-state index in [2.05, 4.69) is 16.5 Å². The van der Waals surface area contributed by atoms with Crippen LogP contribution in [0.3, 0.4) is 0 Å². The zero-order valence-corrected chi connectivity index (χ0v) is 7.51. The maximum atomic E-state index is 5.54. The Labute approximate surface area is 72.6 Å². The largest absolute Gasteiger partial charge is 0.332 e. The maximum Gasteiger partial charge on any atom is 0.109 e. The molecule has 2 N–H and O–H groups in total. The van der Waals surface area contributed by atoms with Crippen molar-refractivity contribution in [3.05, 3.63) is 17.2 Å². The third-order valence-corrected chi connectivity index (χ3v) is 2.52. The minimum Gasteiger partial charge on any atom is -0.332 e. The minimum atomic E-state index is 0.728. The van der Waals surface area contributed by atoms with Crippen molar-refractivity contribution >= 4 is 0 Å². The van der Waals surface area contributed by atoms with Gasteiger partial charge in [-0.1, -0.05) is 0 Å². The van der Waals surface area contributed by atoms with Crippen LogP contribution in [-0.4, -0.2) is 16.1 Å². The van der Waals surface area contributed by atoms with Crippen molar-refractivity contribution in [1.29, 1.82) is 0 Å². The Bertz CT molecular complexity index is 288. The van der Waals surface area contributed by atoms with E-state index in [-0.39, 0.29) is 0 Å². The first-order valence-electron chi connectivity index (χ1n) is 4.58. The number of aryl methyl sites for hydroxylation is 2. The third kappa shape index (κ3) is 1.05. The highest BCUT2D eigenvalue weighted by atomic mass is 15.1. The summed E-state index contributed by atoms with van der Waals surface area (Å²) in [5.74, 6) is 1.26. The zero-order valence-electron chi connectivity index (χ0n) is 7.51. The second kappa shape index (κ2) is 2.90. The Morgan fingerprint density at radius 3 is 3.17 bits per heavy atom. The van der Waals surface area contributed by atoms with E-state index in [1.54, 1.807) is 0 Å². The van der Waals surface area contributed by atoms with Gasteiger partial charge >= 0.3 is 0 Å². The lowest BCUT2D eigenvalue weighted by Crippen LogP contribution is -2.08. The highest BCUT2D eigenvalue weighted by molar-refractivity contribution is 5.18. The molecule has 0 saturated carbocycles. The van der Waals surface area contributed by atoms with Crippen LogP contribution >= 0.6 is 0 Å². The lowest BCUT2D eigenvalue weighted by Gasteiger charge is -2.03. The molecule has 0 spiro atoms. The first kappa shape index (κ1) is 7.80. The summed E-state index contributed by atoms with van der Waals surface area (Å²) in [6, 6.07) is 0. The van der Waals surface area contributed by atoms with E-state index in [9.17, 15) is 0 Å². The van der Waals surface area contributed by atoms with Crippen molar-refractivity contribution in [1.82, 2.24) is 9.55 Å². The van der Waals surface area contributed by atoms with Crippen LogP contribution in [0.25, 0.3) is 0 Å². The number of hydrogen-bond donors (Lipinski definition) is 1. The molecule has 1 aliphatic heterocycles. The fourth-order valence-electron chi connectivity index (χ4n) is 1.97. The number of nitrogens with zero attached hydrogens (tertiary/aromatic N) is 2. The van der Waals surface area contributed by atoms with E-state index < -0.39 is 0 Å². The Morgan fingerprint density at radius 2 is 2.42 bits per heavy atom. The predicted molar refractivity (Wildman–Crippen MR) is 48.0 cm³/mol. The van der Waals surface area contributed by atoms with Gasteiger partial charge in [-0.15, -0.1) is 0 Å². The maximum absolute atomic E-state index is 5.54. The molecule has 0 amide bonds. The summed E-state index contributed by atoms with van der Waals surface area (Å²) in [5, 5.41) is 0. The van der Waals surface area contributed by atoms with Crippen LogP contribution in [0.1, 0.15) is 23.6 Å². The van der Waals surface area contributed by atoms with Gasteiger partial charge in [-0.3, -0.25) is 0 Å². The smallest absolute Gasteiger partial charge is 0.109 e. The molecular weight excluding hydrogens is 150 g/mol. The standard InChI is InChI=1S/C9H15N3/c1-7-8(4-5-10)12-6-2-3-9(12)11-7/h2-6,10H2,1H3. The lowest BCUT2D eigenvalue weighted by molar-refractivity contribution is 0.699. The van der Waals surface area contributed by atoms with Crippen LogP contribution < -0.4 is 5.73 Å². The van der Waals surface area contributed by atoms with Gasteiger partial charge in [0, 0.05) is 25.1 Å². The lowest BCUT2D eigenvalue weighted by atomic mass is 10.2. The monoisotopic (exact) mass is 165 g/mol. The Balaban J connectivity index is 2.38. The molecule has 12 heavy (non-hydrogen) atoms. The summed E-state index contributed by atoms with van der Waals surface area (Å²) < 4.78 is 2.34. The molecule has 3 heteroatoms. The molecule has 0 radical (unpaired) electrons.